The topological polar surface area (TPSA) is 65.2 Å². The van der Waals surface area contributed by atoms with Gasteiger partial charge < -0.3 is 14.2 Å². The zero-order valence-electron chi connectivity index (χ0n) is 16.9. The Morgan fingerprint density at radius 2 is 2.10 bits per heavy atom. The zero-order chi connectivity index (χ0) is 20.7. The number of hydrogen-bond donors (Lipinski definition) is 0. The number of carbonyl (C=O) groups is 1. The van der Waals surface area contributed by atoms with Crippen molar-refractivity contribution >= 4 is 5.91 Å². The number of fused-ring (bicyclic) bond motifs is 1. The minimum Gasteiger partial charge on any atom is -0.496 e. The number of ether oxygens (including phenoxy) is 1. The normalized spacial score (nSPS) is 16.3. The fourth-order valence-corrected chi connectivity index (χ4v) is 4.04. The SMILES string of the molecule is COc1cc(F)ccc1C(=O)N1CCc2ncc(-c3cnn(CC4CC4)c3)n2CC1. The van der Waals surface area contributed by atoms with E-state index in [1.165, 1.54) is 38.2 Å². The van der Waals surface area contributed by atoms with Crippen LogP contribution in [0.2, 0.25) is 0 Å². The third kappa shape index (κ3) is 3.58. The second-order valence-electron chi connectivity index (χ2n) is 7.99. The van der Waals surface area contributed by atoms with Crippen LogP contribution in [-0.4, -0.2) is 50.3 Å². The summed E-state index contributed by atoms with van der Waals surface area (Å²) < 4.78 is 22.9. The molecule has 0 N–H and O–H groups in total. The van der Waals surface area contributed by atoms with Crippen molar-refractivity contribution in [3.8, 4) is 17.0 Å². The van der Waals surface area contributed by atoms with Gasteiger partial charge in [-0.15, -0.1) is 0 Å². The van der Waals surface area contributed by atoms with Crippen LogP contribution in [0.1, 0.15) is 29.0 Å². The van der Waals surface area contributed by atoms with Crippen molar-refractivity contribution in [2.24, 2.45) is 5.92 Å². The van der Waals surface area contributed by atoms with Crippen LogP contribution >= 0.6 is 0 Å². The maximum Gasteiger partial charge on any atom is 0.257 e. The number of methoxy groups -OCH3 is 1. The van der Waals surface area contributed by atoms with Crippen LogP contribution in [0.4, 0.5) is 4.39 Å². The van der Waals surface area contributed by atoms with E-state index in [1.807, 2.05) is 17.1 Å². The maximum absolute atomic E-state index is 13.5. The first-order valence-electron chi connectivity index (χ1n) is 10.3. The lowest BCUT2D eigenvalue weighted by Crippen LogP contribution is -2.34. The predicted molar refractivity (Wildman–Crippen MR) is 109 cm³/mol. The quantitative estimate of drug-likeness (QED) is 0.650. The molecule has 3 aromatic rings. The summed E-state index contributed by atoms with van der Waals surface area (Å²) in [6.07, 6.45) is 9.11. The summed E-state index contributed by atoms with van der Waals surface area (Å²) in [6, 6.07) is 4.02. The number of rotatable bonds is 5. The average molecular weight is 409 g/mol. The van der Waals surface area contributed by atoms with Gasteiger partial charge >= 0.3 is 0 Å². The molecule has 0 spiro atoms. The van der Waals surface area contributed by atoms with E-state index in [1.54, 1.807) is 4.90 Å². The van der Waals surface area contributed by atoms with Crippen molar-refractivity contribution in [2.75, 3.05) is 20.2 Å². The van der Waals surface area contributed by atoms with Crippen molar-refractivity contribution in [3.05, 3.63) is 54.0 Å². The van der Waals surface area contributed by atoms with E-state index in [0.717, 1.165) is 29.5 Å². The Morgan fingerprint density at radius 3 is 2.90 bits per heavy atom. The highest BCUT2D eigenvalue weighted by Crippen LogP contribution is 2.31. The molecule has 30 heavy (non-hydrogen) atoms. The first kappa shape index (κ1) is 18.8. The molecular weight excluding hydrogens is 385 g/mol. The fourth-order valence-electron chi connectivity index (χ4n) is 4.04. The van der Waals surface area contributed by atoms with E-state index in [4.69, 9.17) is 4.74 Å². The summed E-state index contributed by atoms with van der Waals surface area (Å²) in [5, 5.41) is 4.50. The third-order valence-corrected chi connectivity index (χ3v) is 5.89. The van der Waals surface area contributed by atoms with Crippen LogP contribution in [-0.2, 0) is 19.5 Å². The van der Waals surface area contributed by atoms with Crippen LogP contribution in [0.5, 0.6) is 5.75 Å². The third-order valence-electron chi connectivity index (χ3n) is 5.89. The number of aromatic nitrogens is 4. The summed E-state index contributed by atoms with van der Waals surface area (Å²) in [6.45, 7) is 2.72. The number of carbonyl (C=O) groups excluding carboxylic acids is 1. The summed E-state index contributed by atoms with van der Waals surface area (Å²) in [7, 11) is 1.44. The molecule has 2 aromatic heterocycles. The van der Waals surface area contributed by atoms with Gasteiger partial charge in [-0.1, -0.05) is 0 Å². The fraction of sp³-hybridized carbons (Fsp3) is 0.409. The van der Waals surface area contributed by atoms with Gasteiger partial charge in [-0.25, -0.2) is 9.37 Å². The van der Waals surface area contributed by atoms with Crippen molar-refractivity contribution < 1.29 is 13.9 Å². The van der Waals surface area contributed by atoms with Crippen molar-refractivity contribution in [1.29, 1.82) is 0 Å². The molecule has 1 amide bonds. The Bertz CT molecular complexity index is 1090. The van der Waals surface area contributed by atoms with Crippen LogP contribution in [0.25, 0.3) is 11.3 Å². The number of imidazole rings is 1. The standard InChI is InChI=1S/C22H24FN5O2/c1-30-20-10-17(23)4-5-18(20)22(29)26-7-6-21-24-12-19(28(21)9-8-26)16-11-25-27(14-16)13-15-2-3-15/h4-5,10-12,14-15H,2-3,6-9,13H2,1H3. The van der Waals surface area contributed by atoms with E-state index in [-0.39, 0.29) is 11.7 Å². The first-order valence-corrected chi connectivity index (χ1v) is 10.3. The largest absolute Gasteiger partial charge is 0.496 e. The molecule has 0 unspecified atom stereocenters. The van der Waals surface area contributed by atoms with E-state index in [2.05, 4.69) is 20.8 Å². The first-order chi connectivity index (χ1) is 14.6. The molecule has 2 aliphatic rings. The Hall–Kier alpha value is -3.16. The van der Waals surface area contributed by atoms with Gasteiger partial charge in [0.1, 0.15) is 17.4 Å². The number of hydrogen-bond acceptors (Lipinski definition) is 4. The Balaban J connectivity index is 1.34. The molecule has 5 rings (SSSR count). The zero-order valence-corrected chi connectivity index (χ0v) is 16.9. The van der Waals surface area contributed by atoms with Gasteiger partial charge in [0, 0.05) is 50.4 Å². The maximum atomic E-state index is 13.5. The van der Waals surface area contributed by atoms with Gasteiger partial charge in [-0.05, 0) is 30.9 Å². The molecule has 1 aromatic carbocycles. The van der Waals surface area contributed by atoms with E-state index >= 15 is 0 Å². The van der Waals surface area contributed by atoms with E-state index < -0.39 is 5.82 Å². The summed E-state index contributed by atoms with van der Waals surface area (Å²) >= 11 is 0. The van der Waals surface area contributed by atoms with Crippen molar-refractivity contribution in [2.45, 2.75) is 32.4 Å². The Labute approximate surface area is 174 Å². The lowest BCUT2D eigenvalue weighted by atomic mass is 10.1. The number of halogens is 1. The minimum absolute atomic E-state index is 0.156. The van der Waals surface area contributed by atoms with Gasteiger partial charge in [-0.2, -0.15) is 5.10 Å². The monoisotopic (exact) mass is 409 g/mol. The van der Waals surface area contributed by atoms with E-state index in [9.17, 15) is 9.18 Å². The molecule has 1 saturated carbocycles. The van der Waals surface area contributed by atoms with Crippen molar-refractivity contribution in [3.63, 3.8) is 0 Å². The molecule has 1 aliphatic carbocycles. The molecule has 3 heterocycles. The van der Waals surface area contributed by atoms with Crippen molar-refractivity contribution in [1.82, 2.24) is 24.2 Å². The summed E-state index contributed by atoms with van der Waals surface area (Å²) in [4.78, 5) is 19.4. The summed E-state index contributed by atoms with van der Waals surface area (Å²) in [5.41, 5.74) is 2.45. The van der Waals surface area contributed by atoms with Gasteiger partial charge in [-0.3, -0.25) is 9.48 Å². The predicted octanol–water partition coefficient (Wildman–Crippen LogP) is 3.00. The molecular formula is C22H24FN5O2. The molecule has 7 nitrogen and oxygen atoms in total. The molecule has 0 bridgehead atoms. The minimum atomic E-state index is -0.425. The highest BCUT2D eigenvalue weighted by molar-refractivity contribution is 5.97. The van der Waals surface area contributed by atoms with Gasteiger partial charge in [0.25, 0.3) is 5.91 Å². The number of benzene rings is 1. The smallest absolute Gasteiger partial charge is 0.257 e. The molecule has 0 radical (unpaired) electrons. The molecule has 0 saturated heterocycles. The van der Waals surface area contributed by atoms with E-state index in [0.29, 0.717) is 31.6 Å². The molecule has 0 atom stereocenters. The Morgan fingerprint density at radius 1 is 1.23 bits per heavy atom. The van der Waals surface area contributed by atoms with Gasteiger partial charge in [0.2, 0.25) is 0 Å². The second kappa shape index (κ2) is 7.59. The van der Waals surface area contributed by atoms with Crippen LogP contribution in [0.3, 0.4) is 0 Å². The number of nitrogens with zero attached hydrogens (tertiary/aromatic N) is 5. The van der Waals surface area contributed by atoms with Crippen LogP contribution < -0.4 is 4.74 Å². The van der Waals surface area contributed by atoms with Gasteiger partial charge in [0.05, 0.1) is 30.8 Å². The highest BCUT2D eigenvalue weighted by Gasteiger charge is 2.25. The number of amides is 1. The molecule has 1 aliphatic heterocycles. The van der Waals surface area contributed by atoms with Gasteiger partial charge in [0.15, 0.2) is 0 Å². The lowest BCUT2D eigenvalue weighted by Gasteiger charge is -2.21. The van der Waals surface area contributed by atoms with Crippen LogP contribution in [0, 0.1) is 11.7 Å². The average Bonchev–Trinajstić information content (AvgIpc) is 3.36. The molecule has 8 heteroatoms. The second-order valence-corrected chi connectivity index (χ2v) is 7.99. The molecule has 156 valence electrons. The van der Waals surface area contributed by atoms with Crippen LogP contribution in [0.15, 0.2) is 36.8 Å². The Kier molecular flexibility index (Phi) is 4.77. The summed E-state index contributed by atoms with van der Waals surface area (Å²) in [5.74, 6) is 1.40. The molecule has 1 fully saturated rings. The highest BCUT2D eigenvalue weighted by atomic mass is 19.1. The lowest BCUT2D eigenvalue weighted by molar-refractivity contribution is 0.0755.